The van der Waals surface area contributed by atoms with Gasteiger partial charge in [0, 0.05) is 19.4 Å². The van der Waals surface area contributed by atoms with E-state index < -0.39 is 58.3 Å². The van der Waals surface area contributed by atoms with Gasteiger partial charge >= 0.3 is 11.9 Å². The Bertz CT molecular complexity index is 801. The highest BCUT2D eigenvalue weighted by Crippen LogP contribution is 2.39. The van der Waals surface area contributed by atoms with Crippen molar-refractivity contribution in [1.82, 2.24) is 0 Å². The second kappa shape index (κ2) is 9.38. The van der Waals surface area contributed by atoms with Crippen LogP contribution in [-0.4, -0.2) is 58.6 Å². The van der Waals surface area contributed by atoms with Crippen molar-refractivity contribution in [3.05, 3.63) is 35.9 Å². The van der Waals surface area contributed by atoms with E-state index in [2.05, 4.69) is 0 Å². The maximum absolute atomic E-state index is 11.8. The largest absolute Gasteiger partial charge is 0.456 e. The van der Waals surface area contributed by atoms with Gasteiger partial charge in [-0.15, -0.1) is 0 Å². The number of esters is 2. The summed E-state index contributed by atoms with van der Waals surface area (Å²) in [5.41, 5.74) is 0.275. The highest BCUT2D eigenvalue weighted by molar-refractivity contribution is 6.76. The first kappa shape index (κ1) is 23.2. The molecular weight excluding hydrogens is 461 g/mol. The highest BCUT2D eigenvalue weighted by atomic mass is 35.6. The molecule has 1 unspecified atom stereocenters. The fourth-order valence-electron chi connectivity index (χ4n) is 3.40. The molecular formula is C19H20Cl3NO7. The third-order valence-corrected chi connectivity index (χ3v) is 5.20. The molecule has 164 valence electrons. The number of nitrogens with one attached hydrogen (secondary N) is 1. The van der Waals surface area contributed by atoms with Crippen LogP contribution in [0.1, 0.15) is 25.7 Å². The quantitative estimate of drug-likeness (QED) is 0.401. The number of ether oxygens (including phenoxy) is 5. The Morgan fingerprint density at radius 1 is 1.03 bits per heavy atom. The van der Waals surface area contributed by atoms with Crippen LogP contribution in [0.4, 0.5) is 0 Å². The van der Waals surface area contributed by atoms with Crippen LogP contribution in [0.3, 0.4) is 0 Å². The lowest BCUT2D eigenvalue weighted by atomic mass is 9.91. The Hall–Kier alpha value is -1.42. The standard InChI is InChI=1S/C19H20Cl3NO7/c1-9(24)27-14-13-12(8-26-18(30-13)11-6-4-3-5-7-11)29-16(15(14)28-10(2)25)17(23)19(20,21)22/h3-7,12-16,18,23H,8H2,1-2H3/t12-,13-,14+,15-,16?,18-/m1/s1. The van der Waals surface area contributed by atoms with Crippen molar-refractivity contribution in [2.45, 2.75) is 54.4 Å². The Morgan fingerprint density at radius 3 is 2.20 bits per heavy atom. The molecule has 11 heteroatoms. The zero-order valence-corrected chi connectivity index (χ0v) is 18.3. The molecule has 2 saturated heterocycles. The van der Waals surface area contributed by atoms with E-state index in [0.29, 0.717) is 0 Å². The smallest absolute Gasteiger partial charge is 0.303 e. The fraction of sp³-hybridized carbons (Fsp3) is 0.526. The number of carbonyl (C=O) groups is 2. The summed E-state index contributed by atoms with van der Waals surface area (Å²) in [5, 5.41) is 8.23. The van der Waals surface area contributed by atoms with Crippen molar-refractivity contribution in [1.29, 1.82) is 5.41 Å². The summed E-state index contributed by atoms with van der Waals surface area (Å²) >= 11 is 17.6. The Kier molecular flexibility index (Phi) is 7.27. The first-order valence-corrected chi connectivity index (χ1v) is 10.2. The van der Waals surface area contributed by atoms with Crippen LogP contribution in [0.25, 0.3) is 0 Å². The van der Waals surface area contributed by atoms with E-state index >= 15 is 0 Å². The summed E-state index contributed by atoms with van der Waals surface area (Å²) in [6, 6.07) is 9.15. The van der Waals surface area contributed by atoms with Crippen LogP contribution >= 0.6 is 34.8 Å². The molecule has 3 rings (SSSR count). The molecule has 2 aliphatic heterocycles. The molecule has 0 saturated carbocycles. The van der Waals surface area contributed by atoms with E-state index in [9.17, 15) is 9.59 Å². The van der Waals surface area contributed by atoms with Gasteiger partial charge < -0.3 is 29.1 Å². The van der Waals surface area contributed by atoms with Crippen LogP contribution in [0.15, 0.2) is 30.3 Å². The molecule has 30 heavy (non-hydrogen) atoms. The normalized spacial score (nSPS) is 31.4. The number of halogens is 3. The molecule has 1 aromatic carbocycles. The number of hydrogen-bond acceptors (Lipinski definition) is 8. The number of hydrogen-bond donors (Lipinski definition) is 1. The minimum Gasteiger partial charge on any atom is -0.456 e. The van der Waals surface area contributed by atoms with Gasteiger partial charge in [-0.2, -0.15) is 0 Å². The molecule has 0 bridgehead atoms. The minimum atomic E-state index is -2.13. The second-order valence-electron chi connectivity index (χ2n) is 6.83. The molecule has 1 aromatic rings. The average molecular weight is 481 g/mol. The SMILES string of the molecule is CC(=O)O[C@H]1[C@@H]2O[C@H](c3ccccc3)OC[C@H]2OC(C(=N)C(Cl)(Cl)Cl)[C@@H]1OC(C)=O. The van der Waals surface area contributed by atoms with Crippen LogP contribution in [0, 0.1) is 5.41 Å². The van der Waals surface area contributed by atoms with Crippen molar-refractivity contribution < 1.29 is 33.3 Å². The molecule has 0 aromatic heterocycles. The first-order valence-electron chi connectivity index (χ1n) is 9.05. The van der Waals surface area contributed by atoms with Crippen LogP contribution in [-0.2, 0) is 33.3 Å². The van der Waals surface area contributed by atoms with Gasteiger partial charge in [0.25, 0.3) is 0 Å². The van der Waals surface area contributed by atoms with E-state index in [1.807, 2.05) is 30.3 Å². The predicted octanol–water partition coefficient (Wildman–Crippen LogP) is 3.12. The van der Waals surface area contributed by atoms with E-state index in [4.69, 9.17) is 63.9 Å². The highest BCUT2D eigenvalue weighted by Gasteiger charge is 2.56. The van der Waals surface area contributed by atoms with Crippen LogP contribution < -0.4 is 0 Å². The molecule has 2 aliphatic rings. The zero-order valence-electron chi connectivity index (χ0n) is 16.0. The molecule has 8 nitrogen and oxygen atoms in total. The second-order valence-corrected chi connectivity index (χ2v) is 9.11. The lowest BCUT2D eigenvalue weighted by molar-refractivity contribution is -0.323. The predicted molar refractivity (Wildman–Crippen MR) is 108 cm³/mol. The van der Waals surface area contributed by atoms with E-state index in [1.54, 1.807) is 0 Å². The monoisotopic (exact) mass is 479 g/mol. The number of alkyl halides is 3. The van der Waals surface area contributed by atoms with Crippen LogP contribution in [0.2, 0.25) is 0 Å². The van der Waals surface area contributed by atoms with Crippen molar-refractivity contribution in [2.75, 3.05) is 6.61 Å². The van der Waals surface area contributed by atoms with Gasteiger partial charge in [0.2, 0.25) is 3.79 Å². The maximum Gasteiger partial charge on any atom is 0.303 e. The molecule has 0 radical (unpaired) electrons. The summed E-state index contributed by atoms with van der Waals surface area (Å²) in [6.45, 7) is 2.43. The average Bonchev–Trinajstić information content (AvgIpc) is 2.68. The topological polar surface area (TPSA) is 104 Å². The summed E-state index contributed by atoms with van der Waals surface area (Å²) in [4.78, 5) is 23.6. The third-order valence-electron chi connectivity index (χ3n) is 4.59. The van der Waals surface area contributed by atoms with Gasteiger partial charge in [-0.05, 0) is 0 Å². The number of fused-ring (bicyclic) bond motifs is 1. The Morgan fingerprint density at radius 2 is 1.63 bits per heavy atom. The first-order chi connectivity index (χ1) is 14.1. The van der Waals surface area contributed by atoms with Crippen molar-refractivity contribution >= 4 is 52.5 Å². The Labute approximate surface area is 188 Å². The number of carbonyl (C=O) groups excluding carboxylic acids is 2. The van der Waals surface area contributed by atoms with Gasteiger partial charge in [0.15, 0.2) is 18.5 Å². The zero-order chi connectivity index (χ0) is 22.1. The third kappa shape index (κ3) is 5.25. The van der Waals surface area contributed by atoms with Gasteiger partial charge in [0.1, 0.15) is 18.3 Å². The molecule has 0 amide bonds. The number of rotatable bonds is 4. The van der Waals surface area contributed by atoms with Gasteiger partial charge in [-0.3, -0.25) is 9.59 Å². The van der Waals surface area contributed by atoms with E-state index in [-0.39, 0.29) is 6.61 Å². The van der Waals surface area contributed by atoms with Gasteiger partial charge in [-0.25, -0.2) is 0 Å². The molecule has 2 fully saturated rings. The molecule has 6 atom stereocenters. The van der Waals surface area contributed by atoms with Crippen molar-refractivity contribution in [3.63, 3.8) is 0 Å². The van der Waals surface area contributed by atoms with Crippen molar-refractivity contribution in [2.24, 2.45) is 0 Å². The van der Waals surface area contributed by atoms with Gasteiger partial charge in [0.05, 0.1) is 12.3 Å². The van der Waals surface area contributed by atoms with Gasteiger partial charge in [-0.1, -0.05) is 65.1 Å². The summed E-state index contributed by atoms with van der Waals surface area (Å²) < 4.78 is 26.3. The molecule has 1 N–H and O–H groups in total. The minimum absolute atomic E-state index is 0.0540. The lowest BCUT2D eigenvalue weighted by Crippen LogP contribution is -2.66. The summed E-state index contributed by atoms with van der Waals surface area (Å²) in [7, 11) is 0. The van der Waals surface area contributed by atoms with Crippen molar-refractivity contribution in [3.8, 4) is 0 Å². The summed E-state index contributed by atoms with van der Waals surface area (Å²) in [6.07, 6.45) is -6.03. The number of benzene rings is 1. The van der Waals surface area contributed by atoms with E-state index in [1.165, 1.54) is 13.8 Å². The van der Waals surface area contributed by atoms with E-state index in [0.717, 1.165) is 5.56 Å². The van der Waals surface area contributed by atoms with Crippen LogP contribution in [0.5, 0.6) is 0 Å². The molecule has 0 aliphatic carbocycles. The molecule has 0 spiro atoms. The molecule has 2 heterocycles. The maximum atomic E-state index is 11.8. The summed E-state index contributed by atoms with van der Waals surface area (Å²) in [5.74, 6) is -1.32. The lowest BCUT2D eigenvalue weighted by Gasteiger charge is -2.48. The Balaban J connectivity index is 1.94. The fourth-order valence-corrected chi connectivity index (χ4v) is 3.72.